The van der Waals surface area contributed by atoms with Gasteiger partial charge in [0.15, 0.2) is 11.6 Å². The second-order valence-corrected chi connectivity index (χ2v) is 6.16. The summed E-state index contributed by atoms with van der Waals surface area (Å²) in [5, 5.41) is 7.18. The molecule has 1 fully saturated rings. The van der Waals surface area contributed by atoms with Crippen molar-refractivity contribution >= 4 is 5.91 Å². The smallest absolute Gasteiger partial charge is 0.227 e. The van der Waals surface area contributed by atoms with Gasteiger partial charge in [-0.3, -0.25) is 9.89 Å². The van der Waals surface area contributed by atoms with Crippen LogP contribution in [-0.2, 0) is 22.6 Å². The van der Waals surface area contributed by atoms with Crippen molar-refractivity contribution in [1.29, 1.82) is 0 Å². The molecule has 7 heteroatoms. The minimum Gasteiger partial charge on any atom is -0.496 e. The molecule has 2 aromatic rings. The van der Waals surface area contributed by atoms with E-state index < -0.39 is 0 Å². The van der Waals surface area contributed by atoms with Crippen LogP contribution in [0.5, 0.6) is 5.75 Å². The van der Waals surface area contributed by atoms with Crippen LogP contribution in [0.15, 0.2) is 24.3 Å². The van der Waals surface area contributed by atoms with E-state index in [1.165, 1.54) is 0 Å². The van der Waals surface area contributed by atoms with E-state index in [9.17, 15) is 4.79 Å². The van der Waals surface area contributed by atoms with Crippen molar-refractivity contribution in [3.8, 4) is 5.75 Å². The molecule has 1 aliphatic rings. The molecule has 1 atom stereocenters. The van der Waals surface area contributed by atoms with Crippen LogP contribution in [0.4, 0.5) is 0 Å². The maximum Gasteiger partial charge on any atom is 0.227 e. The summed E-state index contributed by atoms with van der Waals surface area (Å²) in [7, 11) is 3.24. The number of amides is 1. The van der Waals surface area contributed by atoms with Gasteiger partial charge in [-0.05, 0) is 25.3 Å². The summed E-state index contributed by atoms with van der Waals surface area (Å²) in [5.74, 6) is 2.16. The zero-order valence-corrected chi connectivity index (χ0v) is 14.7. The van der Waals surface area contributed by atoms with Gasteiger partial charge < -0.3 is 14.4 Å². The molecule has 7 nitrogen and oxygen atoms in total. The average molecular weight is 344 g/mol. The van der Waals surface area contributed by atoms with Gasteiger partial charge >= 0.3 is 0 Å². The Morgan fingerprint density at radius 3 is 2.96 bits per heavy atom. The summed E-state index contributed by atoms with van der Waals surface area (Å²) < 4.78 is 10.4. The summed E-state index contributed by atoms with van der Waals surface area (Å²) in [5.41, 5.74) is 0.898. The van der Waals surface area contributed by atoms with Gasteiger partial charge in [-0.15, -0.1) is 0 Å². The van der Waals surface area contributed by atoms with E-state index in [1.54, 1.807) is 14.2 Å². The molecular formula is C18H24N4O3. The third kappa shape index (κ3) is 3.99. The minimum atomic E-state index is -0.0854. The second kappa shape index (κ2) is 8.11. The maximum atomic E-state index is 12.9. The van der Waals surface area contributed by atoms with Crippen molar-refractivity contribution in [2.24, 2.45) is 0 Å². The lowest BCUT2D eigenvalue weighted by Gasteiger charge is -2.34. The summed E-state index contributed by atoms with van der Waals surface area (Å²) in [6, 6.07) is 7.55. The highest BCUT2D eigenvalue weighted by Gasteiger charge is 2.31. The molecule has 0 radical (unpaired) electrons. The average Bonchev–Trinajstić information content (AvgIpc) is 3.11. The number of aromatic nitrogens is 3. The van der Waals surface area contributed by atoms with Crippen LogP contribution in [0.1, 0.15) is 42.5 Å². The Labute approximate surface area is 147 Å². The molecule has 0 unspecified atom stereocenters. The number of aromatic amines is 1. The number of carbonyl (C=O) groups is 1. The normalized spacial score (nSPS) is 17.5. The Hall–Kier alpha value is -2.41. The molecule has 25 heavy (non-hydrogen) atoms. The molecular weight excluding hydrogens is 320 g/mol. The lowest BCUT2D eigenvalue weighted by atomic mass is 10.00. The topological polar surface area (TPSA) is 80.3 Å². The van der Waals surface area contributed by atoms with Crippen LogP contribution in [0.25, 0.3) is 0 Å². The van der Waals surface area contributed by atoms with Crippen molar-refractivity contribution in [3.05, 3.63) is 41.5 Å². The first-order valence-electron chi connectivity index (χ1n) is 8.54. The van der Waals surface area contributed by atoms with E-state index in [-0.39, 0.29) is 11.9 Å². The van der Waals surface area contributed by atoms with Gasteiger partial charge in [-0.2, -0.15) is 5.10 Å². The largest absolute Gasteiger partial charge is 0.496 e. The fraction of sp³-hybridized carbons (Fsp3) is 0.500. The van der Waals surface area contributed by atoms with E-state index in [0.29, 0.717) is 24.7 Å². The number of nitrogens with one attached hydrogen (secondary N) is 1. The molecule has 0 saturated carbocycles. The molecule has 3 rings (SSSR count). The maximum absolute atomic E-state index is 12.9. The van der Waals surface area contributed by atoms with Crippen LogP contribution in [-0.4, -0.2) is 46.8 Å². The van der Waals surface area contributed by atoms with E-state index in [2.05, 4.69) is 15.2 Å². The minimum absolute atomic E-state index is 0.0762. The van der Waals surface area contributed by atoms with Crippen LogP contribution >= 0.6 is 0 Å². The number of rotatable bonds is 6. The zero-order chi connectivity index (χ0) is 17.6. The Morgan fingerprint density at radius 1 is 1.32 bits per heavy atom. The summed E-state index contributed by atoms with van der Waals surface area (Å²) in [4.78, 5) is 19.3. The number of likely N-dealkylation sites (tertiary alicyclic amines) is 1. The Balaban J connectivity index is 1.76. The van der Waals surface area contributed by atoms with Gasteiger partial charge in [0.05, 0.1) is 19.6 Å². The first kappa shape index (κ1) is 17.4. The van der Waals surface area contributed by atoms with Crippen molar-refractivity contribution < 1.29 is 14.3 Å². The van der Waals surface area contributed by atoms with Crippen LogP contribution in [0.3, 0.4) is 0 Å². The molecule has 0 aliphatic carbocycles. The van der Waals surface area contributed by atoms with E-state index >= 15 is 0 Å². The highest BCUT2D eigenvalue weighted by Crippen LogP contribution is 2.30. The van der Waals surface area contributed by atoms with E-state index in [4.69, 9.17) is 9.47 Å². The van der Waals surface area contributed by atoms with Gasteiger partial charge in [-0.1, -0.05) is 18.2 Å². The molecule has 1 aliphatic heterocycles. The Bertz CT molecular complexity index is 716. The van der Waals surface area contributed by atoms with Crippen LogP contribution in [0.2, 0.25) is 0 Å². The van der Waals surface area contributed by atoms with Gasteiger partial charge in [0, 0.05) is 19.2 Å². The van der Waals surface area contributed by atoms with Crippen molar-refractivity contribution in [2.45, 2.75) is 38.3 Å². The predicted molar refractivity (Wildman–Crippen MR) is 92.1 cm³/mol. The molecule has 0 spiro atoms. The standard InChI is InChI=1S/C18H24N4O3/c1-24-12-16-19-18(21-20-16)14-8-5-6-10-22(14)17(23)11-13-7-3-4-9-15(13)25-2/h3-4,7,9,14H,5-6,8,10-12H2,1-2H3,(H,19,20,21)/t14-/m1/s1. The fourth-order valence-electron chi connectivity index (χ4n) is 3.27. The Kier molecular flexibility index (Phi) is 5.65. The highest BCUT2D eigenvalue weighted by molar-refractivity contribution is 5.80. The third-order valence-electron chi connectivity index (χ3n) is 4.49. The second-order valence-electron chi connectivity index (χ2n) is 6.16. The van der Waals surface area contributed by atoms with Gasteiger partial charge in [-0.25, -0.2) is 4.98 Å². The summed E-state index contributed by atoms with van der Waals surface area (Å²) in [6.07, 6.45) is 3.26. The number of methoxy groups -OCH3 is 2. The summed E-state index contributed by atoms with van der Waals surface area (Å²) in [6.45, 7) is 1.11. The molecule has 1 amide bonds. The van der Waals surface area contributed by atoms with E-state index in [0.717, 1.165) is 37.1 Å². The third-order valence-corrected chi connectivity index (χ3v) is 4.49. The van der Waals surface area contributed by atoms with Crippen molar-refractivity contribution in [2.75, 3.05) is 20.8 Å². The molecule has 1 N–H and O–H groups in total. The van der Waals surface area contributed by atoms with E-state index in [1.807, 2.05) is 29.2 Å². The zero-order valence-electron chi connectivity index (χ0n) is 14.7. The fourth-order valence-corrected chi connectivity index (χ4v) is 3.27. The summed E-state index contributed by atoms with van der Waals surface area (Å²) >= 11 is 0. The molecule has 1 saturated heterocycles. The first-order valence-corrected chi connectivity index (χ1v) is 8.54. The number of hydrogen-bond donors (Lipinski definition) is 1. The predicted octanol–water partition coefficient (Wildman–Crippen LogP) is 2.26. The number of nitrogens with zero attached hydrogens (tertiary/aromatic N) is 3. The number of carbonyl (C=O) groups excluding carboxylic acids is 1. The highest BCUT2D eigenvalue weighted by atomic mass is 16.5. The number of hydrogen-bond acceptors (Lipinski definition) is 5. The van der Waals surface area contributed by atoms with Crippen LogP contribution in [0, 0.1) is 0 Å². The number of para-hydroxylation sites is 1. The van der Waals surface area contributed by atoms with Crippen molar-refractivity contribution in [3.63, 3.8) is 0 Å². The van der Waals surface area contributed by atoms with Gasteiger partial charge in [0.25, 0.3) is 0 Å². The lowest BCUT2D eigenvalue weighted by molar-refractivity contribution is -0.134. The lowest BCUT2D eigenvalue weighted by Crippen LogP contribution is -2.40. The monoisotopic (exact) mass is 344 g/mol. The molecule has 1 aromatic heterocycles. The van der Waals surface area contributed by atoms with Gasteiger partial charge in [0.1, 0.15) is 12.4 Å². The van der Waals surface area contributed by atoms with Crippen LogP contribution < -0.4 is 4.74 Å². The molecule has 134 valence electrons. The molecule has 1 aromatic carbocycles. The molecule has 2 heterocycles. The SMILES string of the molecule is COCc1nc([C@H]2CCCCN2C(=O)Cc2ccccc2OC)n[nH]1. The number of piperidine rings is 1. The number of H-pyrrole nitrogens is 1. The Morgan fingerprint density at radius 2 is 2.16 bits per heavy atom. The van der Waals surface area contributed by atoms with Crippen molar-refractivity contribution in [1.82, 2.24) is 20.1 Å². The molecule has 0 bridgehead atoms. The van der Waals surface area contributed by atoms with Gasteiger partial charge in [0.2, 0.25) is 5.91 Å². The number of ether oxygens (including phenoxy) is 2. The quantitative estimate of drug-likeness (QED) is 0.869. The first-order chi connectivity index (χ1) is 12.2. The number of benzene rings is 1.